The summed E-state index contributed by atoms with van der Waals surface area (Å²) >= 11 is 0. The molecule has 0 aliphatic carbocycles. The number of hydrogen-bond donors (Lipinski definition) is 1. The van der Waals surface area contributed by atoms with Gasteiger partial charge in [0, 0.05) is 5.69 Å². The molecule has 0 saturated carbocycles. The molecular formula is C20H20N2O2. The van der Waals surface area contributed by atoms with E-state index in [0.29, 0.717) is 0 Å². The number of aryl methyl sites for hydroxylation is 3. The van der Waals surface area contributed by atoms with Crippen LogP contribution in [0.15, 0.2) is 42.0 Å². The number of hydrogen-bond acceptors (Lipinski definition) is 3. The Kier molecular flexibility index (Phi) is 5.39. The van der Waals surface area contributed by atoms with Gasteiger partial charge >= 0.3 is 0 Å². The fourth-order valence-corrected chi connectivity index (χ4v) is 2.50. The van der Waals surface area contributed by atoms with Gasteiger partial charge < -0.3 is 10.1 Å². The zero-order valence-electron chi connectivity index (χ0n) is 14.3. The van der Waals surface area contributed by atoms with Gasteiger partial charge in [0.25, 0.3) is 5.91 Å². The van der Waals surface area contributed by atoms with Crippen LogP contribution in [0.25, 0.3) is 6.08 Å². The van der Waals surface area contributed by atoms with E-state index in [0.717, 1.165) is 33.7 Å². The van der Waals surface area contributed by atoms with Crippen LogP contribution in [-0.2, 0) is 4.79 Å². The van der Waals surface area contributed by atoms with E-state index in [1.165, 1.54) is 0 Å². The number of anilines is 1. The minimum atomic E-state index is -0.414. The summed E-state index contributed by atoms with van der Waals surface area (Å²) in [7, 11) is 1.61. The number of nitrogens with zero attached hydrogens (tertiary/aromatic N) is 1. The zero-order chi connectivity index (χ0) is 17.7. The van der Waals surface area contributed by atoms with Crippen LogP contribution in [0.5, 0.6) is 5.75 Å². The molecule has 0 heterocycles. The van der Waals surface area contributed by atoms with Crippen LogP contribution in [0.2, 0.25) is 0 Å². The molecule has 4 nitrogen and oxygen atoms in total. The van der Waals surface area contributed by atoms with Gasteiger partial charge in [0.2, 0.25) is 0 Å². The van der Waals surface area contributed by atoms with E-state index < -0.39 is 5.91 Å². The normalized spacial score (nSPS) is 10.9. The topological polar surface area (TPSA) is 62.1 Å². The molecule has 24 heavy (non-hydrogen) atoms. The Hall–Kier alpha value is -3.06. The second-order valence-corrected chi connectivity index (χ2v) is 5.62. The lowest BCUT2D eigenvalue weighted by molar-refractivity contribution is -0.112. The second-order valence-electron chi connectivity index (χ2n) is 5.62. The number of methoxy groups -OCH3 is 1. The van der Waals surface area contributed by atoms with Crippen LogP contribution in [0.4, 0.5) is 5.69 Å². The predicted molar refractivity (Wildman–Crippen MR) is 95.9 cm³/mol. The van der Waals surface area contributed by atoms with Gasteiger partial charge in [-0.15, -0.1) is 0 Å². The highest BCUT2D eigenvalue weighted by molar-refractivity contribution is 6.10. The first-order valence-electron chi connectivity index (χ1n) is 7.60. The zero-order valence-corrected chi connectivity index (χ0v) is 14.3. The van der Waals surface area contributed by atoms with Crippen molar-refractivity contribution in [3.05, 3.63) is 64.2 Å². The van der Waals surface area contributed by atoms with Crippen molar-refractivity contribution in [3.63, 3.8) is 0 Å². The molecule has 2 aromatic carbocycles. The third-order valence-corrected chi connectivity index (χ3v) is 3.81. The van der Waals surface area contributed by atoms with E-state index >= 15 is 0 Å². The Labute approximate surface area is 142 Å². The largest absolute Gasteiger partial charge is 0.496 e. The number of para-hydroxylation sites is 1. The summed E-state index contributed by atoms with van der Waals surface area (Å²) in [6, 6.07) is 13.3. The molecular weight excluding hydrogens is 300 g/mol. The predicted octanol–water partition coefficient (Wildman–Crippen LogP) is 4.17. The maximum absolute atomic E-state index is 12.4. The lowest BCUT2D eigenvalue weighted by Gasteiger charge is -2.11. The van der Waals surface area contributed by atoms with E-state index in [4.69, 9.17) is 4.74 Å². The molecule has 0 radical (unpaired) electrons. The summed E-state index contributed by atoms with van der Waals surface area (Å²) in [5.74, 6) is 0.356. The summed E-state index contributed by atoms with van der Waals surface area (Å²) in [5.41, 5.74) is 4.44. The Balaban J connectivity index is 2.29. The van der Waals surface area contributed by atoms with E-state index in [-0.39, 0.29) is 5.57 Å². The van der Waals surface area contributed by atoms with Crippen molar-refractivity contribution in [3.8, 4) is 11.8 Å². The minimum absolute atomic E-state index is 0.0576. The van der Waals surface area contributed by atoms with Crippen LogP contribution in [0.1, 0.15) is 22.3 Å². The Bertz CT molecular complexity index is 825. The van der Waals surface area contributed by atoms with Crippen LogP contribution < -0.4 is 10.1 Å². The van der Waals surface area contributed by atoms with E-state index in [1.807, 2.05) is 63.2 Å². The number of benzene rings is 2. The molecule has 122 valence electrons. The molecule has 0 unspecified atom stereocenters. The molecule has 0 atom stereocenters. The van der Waals surface area contributed by atoms with Crippen LogP contribution in [0.3, 0.4) is 0 Å². The molecule has 0 aromatic heterocycles. The second kappa shape index (κ2) is 7.47. The maximum atomic E-state index is 12.4. The first kappa shape index (κ1) is 17.3. The molecule has 0 fully saturated rings. The Morgan fingerprint density at radius 2 is 1.79 bits per heavy atom. The third-order valence-electron chi connectivity index (χ3n) is 3.81. The molecule has 2 aromatic rings. The number of amides is 1. The summed E-state index contributed by atoms with van der Waals surface area (Å²) < 4.78 is 5.22. The number of rotatable bonds is 4. The average molecular weight is 320 g/mol. The van der Waals surface area contributed by atoms with Gasteiger partial charge in [-0.2, -0.15) is 5.26 Å². The lowest BCUT2D eigenvalue weighted by Crippen LogP contribution is -2.15. The van der Waals surface area contributed by atoms with Gasteiger partial charge in [-0.25, -0.2) is 0 Å². The van der Waals surface area contributed by atoms with Gasteiger partial charge in [-0.1, -0.05) is 24.3 Å². The quantitative estimate of drug-likeness (QED) is 0.679. The van der Waals surface area contributed by atoms with Gasteiger partial charge in [-0.3, -0.25) is 4.79 Å². The summed E-state index contributed by atoms with van der Waals surface area (Å²) in [6.45, 7) is 5.76. The Morgan fingerprint density at radius 1 is 1.12 bits per heavy atom. The van der Waals surface area contributed by atoms with Gasteiger partial charge in [-0.05, 0) is 61.2 Å². The van der Waals surface area contributed by atoms with Crippen molar-refractivity contribution < 1.29 is 9.53 Å². The average Bonchev–Trinajstić information content (AvgIpc) is 2.56. The highest BCUT2D eigenvalue weighted by Crippen LogP contribution is 2.22. The first-order chi connectivity index (χ1) is 11.5. The van der Waals surface area contributed by atoms with Crippen molar-refractivity contribution in [2.45, 2.75) is 20.8 Å². The van der Waals surface area contributed by atoms with Crippen LogP contribution in [0, 0.1) is 32.1 Å². The van der Waals surface area contributed by atoms with Gasteiger partial charge in [0.05, 0.1) is 7.11 Å². The molecule has 1 N–H and O–H groups in total. The highest BCUT2D eigenvalue weighted by atomic mass is 16.5. The first-order valence-corrected chi connectivity index (χ1v) is 7.60. The van der Waals surface area contributed by atoms with Crippen molar-refractivity contribution in [2.24, 2.45) is 0 Å². The number of nitrogens with one attached hydrogen (secondary N) is 1. The number of carbonyl (C=O) groups is 1. The SMILES string of the molecule is COc1ccc(/C=C(\C#N)C(=O)Nc2c(C)cccc2C)cc1C. The number of carbonyl (C=O) groups excluding carboxylic acids is 1. The fourth-order valence-electron chi connectivity index (χ4n) is 2.50. The molecule has 0 aliphatic heterocycles. The van der Waals surface area contributed by atoms with E-state index in [2.05, 4.69) is 5.32 Å². The standard InChI is InChI=1S/C20H20N2O2/c1-13-6-5-7-14(2)19(13)22-20(23)17(12-21)11-16-8-9-18(24-4)15(3)10-16/h5-11H,1-4H3,(H,22,23)/b17-11+. The summed E-state index contributed by atoms with van der Waals surface area (Å²) in [5, 5.41) is 12.2. The molecule has 4 heteroatoms. The molecule has 0 saturated heterocycles. The lowest BCUT2D eigenvalue weighted by atomic mass is 10.1. The molecule has 1 amide bonds. The smallest absolute Gasteiger partial charge is 0.266 e. The molecule has 2 rings (SSSR count). The van der Waals surface area contributed by atoms with Crippen LogP contribution in [-0.4, -0.2) is 13.0 Å². The minimum Gasteiger partial charge on any atom is -0.496 e. The molecule has 0 spiro atoms. The van der Waals surface area contributed by atoms with Crippen molar-refractivity contribution in [2.75, 3.05) is 12.4 Å². The van der Waals surface area contributed by atoms with Crippen molar-refractivity contribution in [1.29, 1.82) is 5.26 Å². The van der Waals surface area contributed by atoms with Crippen molar-refractivity contribution >= 4 is 17.7 Å². The summed E-state index contributed by atoms with van der Waals surface area (Å²) in [4.78, 5) is 12.4. The highest BCUT2D eigenvalue weighted by Gasteiger charge is 2.12. The molecule has 0 aliphatic rings. The van der Waals surface area contributed by atoms with Gasteiger partial charge in [0.1, 0.15) is 17.4 Å². The fraction of sp³-hybridized carbons (Fsp3) is 0.200. The number of ether oxygens (including phenoxy) is 1. The maximum Gasteiger partial charge on any atom is 0.266 e. The third kappa shape index (κ3) is 3.82. The summed E-state index contributed by atoms with van der Waals surface area (Å²) in [6.07, 6.45) is 1.58. The Morgan fingerprint density at radius 3 is 2.33 bits per heavy atom. The van der Waals surface area contributed by atoms with Gasteiger partial charge in [0.15, 0.2) is 0 Å². The van der Waals surface area contributed by atoms with E-state index in [9.17, 15) is 10.1 Å². The van der Waals surface area contributed by atoms with E-state index in [1.54, 1.807) is 13.2 Å². The molecule has 0 bridgehead atoms. The monoisotopic (exact) mass is 320 g/mol. The number of nitriles is 1. The van der Waals surface area contributed by atoms with Crippen LogP contribution >= 0.6 is 0 Å². The van der Waals surface area contributed by atoms with Crippen molar-refractivity contribution in [1.82, 2.24) is 0 Å².